The third-order valence-electron chi connectivity index (χ3n) is 5.39. The zero-order valence-electron chi connectivity index (χ0n) is 14.6. The highest BCUT2D eigenvalue weighted by Gasteiger charge is 2.27. The topological polar surface area (TPSA) is 0 Å². The first-order valence-electron chi connectivity index (χ1n) is 9.76. The summed E-state index contributed by atoms with van der Waals surface area (Å²) in [6, 6.07) is 0. The lowest BCUT2D eigenvalue weighted by atomic mass is 9.70. The van der Waals surface area contributed by atoms with Gasteiger partial charge in [-0.1, -0.05) is 97.8 Å². The maximum Gasteiger partial charge on any atom is -0.0409 e. The van der Waals surface area contributed by atoms with Crippen molar-refractivity contribution in [2.75, 3.05) is 0 Å². The minimum Gasteiger partial charge on any atom is -0.0654 e. The maximum absolute atomic E-state index is 2.43. The first-order chi connectivity index (χ1) is 9.76. The standard InChI is InChI=1S/C20H40/c1-4-6-7-8-9-14-19-16-20(17-19)15-11-10-13-18(3)12-5-2/h18-20H,4-17H2,1-3H3. The van der Waals surface area contributed by atoms with E-state index in [9.17, 15) is 0 Å². The third kappa shape index (κ3) is 8.32. The molecule has 0 N–H and O–H groups in total. The second-order valence-corrected chi connectivity index (χ2v) is 7.58. The summed E-state index contributed by atoms with van der Waals surface area (Å²) in [6.07, 6.45) is 20.8. The van der Waals surface area contributed by atoms with Crippen LogP contribution in [0, 0.1) is 17.8 Å². The SMILES string of the molecule is CCCCCCCC1CC(CCCCC(C)CCC)C1. The Kier molecular flexibility index (Phi) is 10.5. The van der Waals surface area contributed by atoms with Crippen molar-refractivity contribution in [1.82, 2.24) is 0 Å². The summed E-state index contributed by atoms with van der Waals surface area (Å²) in [7, 11) is 0. The first kappa shape index (κ1) is 18.1. The van der Waals surface area contributed by atoms with E-state index in [0.29, 0.717) is 0 Å². The number of rotatable bonds is 13. The van der Waals surface area contributed by atoms with Crippen molar-refractivity contribution < 1.29 is 0 Å². The molecule has 0 aromatic heterocycles. The van der Waals surface area contributed by atoms with E-state index in [1.807, 2.05) is 0 Å². The molecule has 1 atom stereocenters. The van der Waals surface area contributed by atoms with Crippen molar-refractivity contribution in [3.8, 4) is 0 Å². The molecule has 1 aliphatic rings. The molecule has 0 nitrogen and oxygen atoms in total. The molecular weight excluding hydrogens is 240 g/mol. The van der Waals surface area contributed by atoms with Gasteiger partial charge < -0.3 is 0 Å². The molecule has 1 fully saturated rings. The smallest absolute Gasteiger partial charge is 0.0409 e. The molecule has 0 saturated heterocycles. The molecule has 0 spiro atoms. The summed E-state index contributed by atoms with van der Waals surface area (Å²) in [6.45, 7) is 7.05. The van der Waals surface area contributed by atoms with Crippen molar-refractivity contribution in [2.45, 2.75) is 111 Å². The van der Waals surface area contributed by atoms with Gasteiger partial charge in [-0.05, 0) is 30.6 Å². The van der Waals surface area contributed by atoms with Gasteiger partial charge in [-0.2, -0.15) is 0 Å². The average Bonchev–Trinajstić information content (AvgIpc) is 2.39. The summed E-state index contributed by atoms with van der Waals surface area (Å²) < 4.78 is 0. The van der Waals surface area contributed by atoms with Gasteiger partial charge in [0.2, 0.25) is 0 Å². The van der Waals surface area contributed by atoms with Crippen LogP contribution in [0.3, 0.4) is 0 Å². The summed E-state index contributed by atoms with van der Waals surface area (Å²) in [5.74, 6) is 3.19. The van der Waals surface area contributed by atoms with Crippen molar-refractivity contribution in [1.29, 1.82) is 0 Å². The van der Waals surface area contributed by atoms with E-state index in [1.165, 1.54) is 77.0 Å². The number of hydrogen-bond acceptors (Lipinski definition) is 0. The molecule has 1 aliphatic carbocycles. The van der Waals surface area contributed by atoms with Crippen LogP contribution in [0.5, 0.6) is 0 Å². The fourth-order valence-corrected chi connectivity index (χ4v) is 3.94. The van der Waals surface area contributed by atoms with Gasteiger partial charge in [0, 0.05) is 0 Å². The predicted octanol–water partition coefficient (Wildman–Crippen LogP) is 7.37. The zero-order chi connectivity index (χ0) is 14.6. The van der Waals surface area contributed by atoms with Crippen LogP contribution in [0.2, 0.25) is 0 Å². The van der Waals surface area contributed by atoms with Gasteiger partial charge in [0.15, 0.2) is 0 Å². The first-order valence-corrected chi connectivity index (χ1v) is 9.76. The van der Waals surface area contributed by atoms with E-state index in [4.69, 9.17) is 0 Å². The van der Waals surface area contributed by atoms with Crippen LogP contribution in [-0.2, 0) is 0 Å². The molecule has 1 rings (SSSR count). The van der Waals surface area contributed by atoms with E-state index in [1.54, 1.807) is 12.8 Å². The molecule has 1 unspecified atom stereocenters. The van der Waals surface area contributed by atoms with Gasteiger partial charge in [0.25, 0.3) is 0 Å². The Balaban J connectivity index is 1.82. The summed E-state index contributed by atoms with van der Waals surface area (Å²) in [5, 5.41) is 0. The number of hydrogen-bond donors (Lipinski definition) is 0. The molecule has 0 aromatic carbocycles. The normalized spacial score (nSPS) is 23.6. The largest absolute Gasteiger partial charge is 0.0654 e. The quantitative estimate of drug-likeness (QED) is 0.309. The van der Waals surface area contributed by atoms with Crippen LogP contribution in [0.15, 0.2) is 0 Å². The second kappa shape index (κ2) is 11.6. The van der Waals surface area contributed by atoms with Crippen LogP contribution in [0.4, 0.5) is 0 Å². The zero-order valence-corrected chi connectivity index (χ0v) is 14.6. The van der Waals surface area contributed by atoms with Gasteiger partial charge in [-0.25, -0.2) is 0 Å². The molecule has 0 aromatic rings. The predicted molar refractivity (Wildman–Crippen MR) is 92.1 cm³/mol. The third-order valence-corrected chi connectivity index (χ3v) is 5.39. The van der Waals surface area contributed by atoms with E-state index in [2.05, 4.69) is 20.8 Å². The van der Waals surface area contributed by atoms with Crippen molar-refractivity contribution in [3.05, 3.63) is 0 Å². The lowest BCUT2D eigenvalue weighted by molar-refractivity contribution is 0.163. The van der Waals surface area contributed by atoms with Crippen molar-refractivity contribution >= 4 is 0 Å². The average molecular weight is 281 g/mol. The van der Waals surface area contributed by atoms with Gasteiger partial charge in [0.1, 0.15) is 0 Å². The second-order valence-electron chi connectivity index (χ2n) is 7.58. The molecule has 0 bridgehead atoms. The van der Waals surface area contributed by atoms with E-state index in [0.717, 1.165) is 17.8 Å². The van der Waals surface area contributed by atoms with Gasteiger partial charge in [-0.15, -0.1) is 0 Å². The van der Waals surface area contributed by atoms with Crippen LogP contribution < -0.4 is 0 Å². The Hall–Kier alpha value is 0. The molecule has 120 valence electrons. The van der Waals surface area contributed by atoms with Gasteiger partial charge in [-0.3, -0.25) is 0 Å². The fraction of sp³-hybridized carbons (Fsp3) is 1.00. The minimum absolute atomic E-state index is 0.970. The lowest BCUT2D eigenvalue weighted by Crippen LogP contribution is -2.23. The molecule has 1 saturated carbocycles. The Morgan fingerprint density at radius 2 is 1.30 bits per heavy atom. The van der Waals surface area contributed by atoms with Crippen LogP contribution in [0.25, 0.3) is 0 Å². The molecule has 0 amide bonds. The van der Waals surface area contributed by atoms with Crippen LogP contribution in [-0.4, -0.2) is 0 Å². The van der Waals surface area contributed by atoms with E-state index >= 15 is 0 Å². The van der Waals surface area contributed by atoms with Crippen LogP contribution in [0.1, 0.15) is 111 Å². The minimum atomic E-state index is 0.970. The highest BCUT2D eigenvalue weighted by Crippen LogP contribution is 2.40. The highest BCUT2D eigenvalue weighted by molar-refractivity contribution is 4.79. The molecule has 0 aliphatic heterocycles. The monoisotopic (exact) mass is 280 g/mol. The summed E-state index contributed by atoms with van der Waals surface area (Å²) in [4.78, 5) is 0. The maximum atomic E-state index is 2.43. The van der Waals surface area contributed by atoms with Crippen molar-refractivity contribution in [3.63, 3.8) is 0 Å². The Labute approximate surface area is 129 Å². The fourth-order valence-electron chi connectivity index (χ4n) is 3.94. The van der Waals surface area contributed by atoms with Crippen molar-refractivity contribution in [2.24, 2.45) is 17.8 Å². The summed E-state index contributed by atoms with van der Waals surface area (Å²) >= 11 is 0. The van der Waals surface area contributed by atoms with Gasteiger partial charge >= 0.3 is 0 Å². The van der Waals surface area contributed by atoms with Gasteiger partial charge in [0.05, 0.1) is 0 Å². The van der Waals surface area contributed by atoms with Crippen LogP contribution >= 0.6 is 0 Å². The molecule has 0 heterocycles. The molecular formula is C20H40. The molecule has 20 heavy (non-hydrogen) atoms. The Morgan fingerprint density at radius 1 is 0.700 bits per heavy atom. The Bertz CT molecular complexity index is 202. The molecule has 0 radical (unpaired) electrons. The lowest BCUT2D eigenvalue weighted by Gasteiger charge is -2.35. The molecule has 0 heteroatoms. The van der Waals surface area contributed by atoms with E-state index < -0.39 is 0 Å². The summed E-state index contributed by atoms with van der Waals surface area (Å²) in [5.41, 5.74) is 0. The Morgan fingerprint density at radius 3 is 1.90 bits per heavy atom. The number of unbranched alkanes of at least 4 members (excludes halogenated alkanes) is 5. The van der Waals surface area contributed by atoms with E-state index in [-0.39, 0.29) is 0 Å². The highest BCUT2D eigenvalue weighted by atomic mass is 14.3.